The summed E-state index contributed by atoms with van der Waals surface area (Å²) in [7, 11) is 0. The summed E-state index contributed by atoms with van der Waals surface area (Å²) in [5.74, 6) is 0. The van der Waals surface area contributed by atoms with Crippen LogP contribution in [-0.2, 0) is 11.3 Å². The van der Waals surface area contributed by atoms with Crippen LogP contribution in [0.1, 0.15) is 31.2 Å². The van der Waals surface area contributed by atoms with Crippen LogP contribution < -0.4 is 5.56 Å². The fourth-order valence-electron chi connectivity index (χ4n) is 2.75. The summed E-state index contributed by atoms with van der Waals surface area (Å²) in [4.78, 5) is 16.8. The van der Waals surface area contributed by atoms with E-state index in [9.17, 15) is 4.79 Å². The van der Waals surface area contributed by atoms with Gasteiger partial charge in [-0.15, -0.1) is 0 Å². The van der Waals surface area contributed by atoms with Crippen molar-refractivity contribution in [3.8, 4) is 0 Å². The molecule has 1 fully saturated rings. The van der Waals surface area contributed by atoms with Crippen LogP contribution in [0.5, 0.6) is 0 Å². The zero-order valence-electron chi connectivity index (χ0n) is 11.8. The highest BCUT2D eigenvalue weighted by atomic mass is 16.5. The van der Waals surface area contributed by atoms with E-state index in [0.717, 1.165) is 36.9 Å². The molecule has 1 aromatic carbocycles. The number of rotatable bonds is 3. The van der Waals surface area contributed by atoms with E-state index in [2.05, 4.69) is 4.98 Å². The van der Waals surface area contributed by atoms with Crippen molar-refractivity contribution in [2.24, 2.45) is 0 Å². The number of fused-ring (bicyclic) bond motifs is 1. The predicted octanol–water partition coefficient (Wildman–Crippen LogP) is 2.66. The molecule has 1 aliphatic rings. The van der Waals surface area contributed by atoms with Crippen molar-refractivity contribution in [2.45, 2.75) is 45.3 Å². The number of nitrogens with zero attached hydrogens (tertiary/aromatic N) is 2. The number of aryl methyl sites for hydroxylation is 2. The molecular formula is C16H20N2O2. The van der Waals surface area contributed by atoms with E-state index >= 15 is 0 Å². The Morgan fingerprint density at radius 1 is 1.40 bits per heavy atom. The topological polar surface area (TPSA) is 44.1 Å². The van der Waals surface area contributed by atoms with Gasteiger partial charge in [0.15, 0.2) is 0 Å². The highest BCUT2D eigenvalue weighted by Gasteiger charge is 2.14. The summed E-state index contributed by atoms with van der Waals surface area (Å²) in [6.07, 6.45) is 6.34. The predicted molar refractivity (Wildman–Crippen MR) is 78.9 cm³/mol. The Balaban J connectivity index is 1.79. The van der Waals surface area contributed by atoms with Gasteiger partial charge >= 0.3 is 0 Å². The van der Waals surface area contributed by atoms with Gasteiger partial charge in [-0.1, -0.05) is 6.07 Å². The maximum atomic E-state index is 12.4. The van der Waals surface area contributed by atoms with E-state index in [4.69, 9.17) is 4.74 Å². The van der Waals surface area contributed by atoms with Crippen molar-refractivity contribution in [2.75, 3.05) is 6.61 Å². The minimum atomic E-state index is 0.0470. The summed E-state index contributed by atoms with van der Waals surface area (Å²) in [6, 6.07) is 5.78. The van der Waals surface area contributed by atoms with Gasteiger partial charge in [0.25, 0.3) is 5.56 Å². The largest absolute Gasteiger partial charge is 0.378 e. The molecule has 0 radical (unpaired) electrons. The lowest BCUT2D eigenvalue weighted by molar-refractivity contribution is 0.00864. The molecule has 1 atom stereocenters. The highest BCUT2D eigenvalue weighted by molar-refractivity contribution is 5.77. The maximum absolute atomic E-state index is 12.4. The third-order valence-electron chi connectivity index (χ3n) is 3.95. The molecule has 4 nitrogen and oxygen atoms in total. The van der Waals surface area contributed by atoms with Crippen LogP contribution in [0.25, 0.3) is 10.9 Å². The summed E-state index contributed by atoms with van der Waals surface area (Å²) in [5.41, 5.74) is 1.95. The quantitative estimate of drug-likeness (QED) is 0.863. The average Bonchev–Trinajstić information content (AvgIpc) is 2.47. The van der Waals surface area contributed by atoms with Gasteiger partial charge < -0.3 is 4.74 Å². The van der Waals surface area contributed by atoms with Crippen molar-refractivity contribution < 1.29 is 4.74 Å². The SMILES string of the molecule is Cc1ccc2c(=O)n(CC[C@@H]3CCCCO3)cnc2c1. The molecule has 0 bridgehead atoms. The van der Waals surface area contributed by atoms with Gasteiger partial charge in [-0.2, -0.15) is 0 Å². The van der Waals surface area contributed by atoms with E-state index in [1.165, 1.54) is 6.42 Å². The molecule has 1 saturated heterocycles. The average molecular weight is 272 g/mol. The molecule has 0 N–H and O–H groups in total. The zero-order valence-corrected chi connectivity index (χ0v) is 11.8. The van der Waals surface area contributed by atoms with Crippen LogP contribution in [0, 0.1) is 6.92 Å². The smallest absolute Gasteiger partial charge is 0.261 e. The molecule has 0 amide bonds. The first-order chi connectivity index (χ1) is 9.74. The van der Waals surface area contributed by atoms with Crippen molar-refractivity contribution in [3.05, 3.63) is 40.4 Å². The van der Waals surface area contributed by atoms with Crippen LogP contribution in [0.2, 0.25) is 0 Å². The zero-order chi connectivity index (χ0) is 13.9. The maximum Gasteiger partial charge on any atom is 0.261 e. The van der Waals surface area contributed by atoms with Gasteiger partial charge in [-0.3, -0.25) is 9.36 Å². The Labute approximate surface area is 118 Å². The Morgan fingerprint density at radius 2 is 2.30 bits per heavy atom. The van der Waals surface area contributed by atoms with Crippen LogP contribution in [0.3, 0.4) is 0 Å². The molecule has 3 rings (SSSR count). The lowest BCUT2D eigenvalue weighted by Gasteiger charge is -2.22. The Hall–Kier alpha value is -1.68. The molecule has 20 heavy (non-hydrogen) atoms. The normalized spacial score (nSPS) is 19.4. The summed E-state index contributed by atoms with van der Waals surface area (Å²) >= 11 is 0. The van der Waals surface area contributed by atoms with Crippen molar-refractivity contribution in [3.63, 3.8) is 0 Å². The monoisotopic (exact) mass is 272 g/mol. The van der Waals surface area contributed by atoms with E-state index in [1.807, 2.05) is 25.1 Å². The second kappa shape index (κ2) is 5.75. The van der Waals surface area contributed by atoms with Gasteiger partial charge in [0.1, 0.15) is 0 Å². The molecule has 106 valence electrons. The van der Waals surface area contributed by atoms with E-state index < -0.39 is 0 Å². The van der Waals surface area contributed by atoms with Crippen molar-refractivity contribution in [1.29, 1.82) is 0 Å². The standard InChI is InChI=1S/C16H20N2O2/c1-12-5-6-14-15(10-12)17-11-18(16(14)19)8-7-13-4-2-3-9-20-13/h5-6,10-11,13H,2-4,7-9H2,1H3/t13-/m0/s1. The van der Waals surface area contributed by atoms with Crippen molar-refractivity contribution in [1.82, 2.24) is 9.55 Å². The summed E-state index contributed by atoms with van der Waals surface area (Å²) < 4.78 is 7.41. The van der Waals surface area contributed by atoms with E-state index in [0.29, 0.717) is 18.0 Å². The first-order valence-electron chi connectivity index (χ1n) is 7.31. The number of benzene rings is 1. The van der Waals surface area contributed by atoms with E-state index in [1.54, 1.807) is 10.9 Å². The van der Waals surface area contributed by atoms with Gasteiger partial charge in [0.05, 0.1) is 23.3 Å². The van der Waals surface area contributed by atoms with Gasteiger partial charge in [0, 0.05) is 13.2 Å². The molecule has 2 heterocycles. The molecule has 1 aliphatic heterocycles. The first-order valence-corrected chi connectivity index (χ1v) is 7.31. The molecule has 2 aromatic rings. The molecule has 1 aromatic heterocycles. The van der Waals surface area contributed by atoms with Crippen LogP contribution >= 0.6 is 0 Å². The third kappa shape index (κ3) is 2.75. The molecule has 0 spiro atoms. The molecule has 0 unspecified atom stereocenters. The fraction of sp³-hybridized carbons (Fsp3) is 0.500. The Morgan fingerprint density at radius 3 is 3.10 bits per heavy atom. The lowest BCUT2D eigenvalue weighted by atomic mass is 10.1. The number of aromatic nitrogens is 2. The summed E-state index contributed by atoms with van der Waals surface area (Å²) in [6.45, 7) is 3.54. The molecule has 4 heteroatoms. The summed E-state index contributed by atoms with van der Waals surface area (Å²) in [5, 5.41) is 0.697. The van der Waals surface area contributed by atoms with Crippen LogP contribution in [0.15, 0.2) is 29.3 Å². The minimum absolute atomic E-state index is 0.0470. The highest BCUT2D eigenvalue weighted by Crippen LogP contribution is 2.16. The van der Waals surface area contributed by atoms with E-state index in [-0.39, 0.29) is 5.56 Å². The molecule has 0 saturated carbocycles. The molecular weight excluding hydrogens is 252 g/mol. The fourth-order valence-corrected chi connectivity index (χ4v) is 2.75. The van der Waals surface area contributed by atoms with Gasteiger partial charge in [0.2, 0.25) is 0 Å². The number of hydrogen-bond acceptors (Lipinski definition) is 3. The van der Waals surface area contributed by atoms with Crippen LogP contribution in [-0.4, -0.2) is 22.3 Å². The number of ether oxygens (including phenoxy) is 1. The second-order valence-electron chi connectivity index (χ2n) is 5.54. The van der Waals surface area contributed by atoms with Gasteiger partial charge in [-0.25, -0.2) is 4.98 Å². The van der Waals surface area contributed by atoms with Crippen LogP contribution in [0.4, 0.5) is 0 Å². The molecule has 0 aliphatic carbocycles. The second-order valence-corrected chi connectivity index (χ2v) is 5.54. The Kier molecular flexibility index (Phi) is 3.83. The van der Waals surface area contributed by atoms with Crippen molar-refractivity contribution >= 4 is 10.9 Å². The Bertz CT molecular complexity index is 657. The third-order valence-corrected chi connectivity index (χ3v) is 3.95. The minimum Gasteiger partial charge on any atom is -0.378 e. The lowest BCUT2D eigenvalue weighted by Crippen LogP contribution is -2.25. The number of hydrogen-bond donors (Lipinski definition) is 0. The first kappa shape index (κ1) is 13.3. The van der Waals surface area contributed by atoms with Gasteiger partial charge in [-0.05, 0) is 50.3 Å².